The summed E-state index contributed by atoms with van der Waals surface area (Å²) >= 11 is 0. The van der Waals surface area contributed by atoms with E-state index >= 15 is 0 Å². The molecule has 1 amide bonds. The van der Waals surface area contributed by atoms with E-state index in [0.717, 1.165) is 6.07 Å². The average molecular weight is 430 g/mol. The van der Waals surface area contributed by atoms with E-state index in [-0.39, 0.29) is 17.9 Å². The van der Waals surface area contributed by atoms with Crippen molar-refractivity contribution in [3.05, 3.63) is 82.9 Å². The van der Waals surface area contributed by atoms with Crippen molar-refractivity contribution in [1.29, 1.82) is 0 Å². The summed E-state index contributed by atoms with van der Waals surface area (Å²) in [5, 5.41) is 4.03. The molecule has 1 aliphatic heterocycles. The van der Waals surface area contributed by atoms with Crippen LogP contribution >= 0.6 is 0 Å². The number of pyridine rings is 1. The highest BCUT2D eigenvalue weighted by Crippen LogP contribution is 2.33. The van der Waals surface area contributed by atoms with Crippen LogP contribution in [0.1, 0.15) is 39.0 Å². The highest BCUT2D eigenvalue weighted by molar-refractivity contribution is 5.93. The lowest BCUT2D eigenvalue weighted by atomic mass is 10.0. The highest BCUT2D eigenvalue weighted by atomic mass is 19.4. The van der Waals surface area contributed by atoms with Crippen molar-refractivity contribution in [2.75, 3.05) is 19.7 Å². The molecule has 4 rings (SSSR count). The summed E-state index contributed by atoms with van der Waals surface area (Å²) in [5.74, 6) is -0.142. The molecule has 0 radical (unpaired) electrons. The van der Waals surface area contributed by atoms with Crippen LogP contribution in [-0.2, 0) is 24.4 Å². The van der Waals surface area contributed by atoms with E-state index < -0.39 is 17.8 Å². The Morgan fingerprint density at radius 2 is 2.00 bits per heavy atom. The van der Waals surface area contributed by atoms with Crippen LogP contribution in [-0.4, -0.2) is 45.3 Å². The predicted molar refractivity (Wildman–Crippen MR) is 106 cm³/mol. The fraction of sp³-hybridized carbons (Fsp3) is 0.318. The lowest BCUT2D eigenvalue weighted by molar-refractivity contribution is -0.138. The molecule has 2 aromatic heterocycles. The highest BCUT2D eigenvalue weighted by Gasteiger charge is 2.33. The Labute approximate surface area is 177 Å². The van der Waals surface area contributed by atoms with E-state index in [1.54, 1.807) is 47.1 Å². The number of amides is 1. The molecule has 9 heteroatoms. The molecule has 0 aliphatic carbocycles. The monoisotopic (exact) mass is 430 g/mol. The first kappa shape index (κ1) is 21.0. The normalized spacial score (nSPS) is 17.0. The number of nitrogens with zero attached hydrogens (tertiary/aromatic N) is 4. The number of morpholine rings is 1. The second-order valence-corrected chi connectivity index (χ2v) is 7.40. The zero-order valence-corrected chi connectivity index (χ0v) is 16.8. The first-order chi connectivity index (χ1) is 14.8. The molecule has 1 saturated heterocycles. The molecule has 1 atom stereocenters. The summed E-state index contributed by atoms with van der Waals surface area (Å²) in [6.45, 7) is 1.10. The number of carbonyl (C=O) groups excluding carboxylic acids is 1. The molecule has 0 saturated carbocycles. The van der Waals surface area contributed by atoms with E-state index in [1.807, 2.05) is 0 Å². The van der Waals surface area contributed by atoms with Gasteiger partial charge in [-0.15, -0.1) is 0 Å². The van der Waals surface area contributed by atoms with Crippen LogP contribution in [0.4, 0.5) is 13.2 Å². The molecule has 162 valence electrons. The summed E-state index contributed by atoms with van der Waals surface area (Å²) in [7, 11) is 1.74. The van der Waals surface area contributed by atoms with Crippen LogP contribution in [0.2, 0.25) is 0 Å². The molecular formula is C22H21F3N4O2. The van der Waals surface area contributed by atoms with Crippen LogP contribution in [0.25, 0.3) is 0 Å². The van der Waals surface area contributed by atoms with Crippen LogP contribution in [0.15, 0.2) is 54.9 Å². The van der Waals surface area contributed by atoms with E-state index in [2.05, 4.69) is 10.1 Å². The zero-order chi connectivity index (χ0) is 22.0. The third-order valence-corrected chi connectivity index (χ3v) is 5.16. The number of halogens is 3. The Kier molecular flexibility index (Phi) is 5.77. The number of carbonyl (C=O) groups is 1. The van der Waals surface area contributed by atoms with Crippen molar-refractivity contribution in [2.24, 2.45) is 7.05 Å². The molecule has 0 unspecified atom stereocenters. The largest absolute Gasteiger partial charge is 0.416 e. The summed E-state index contributed by atoms with van der Waals surface area (Å²) in [4.78, 5) is 18.9. The number of rotatable bonds is 4. The van der Waals surface area contributed by atoms with Gasteiger partial charge in [-0.25, -0.2) is 0 Å². The van der Waals surface area contributed by atoms with Gasteiger partial charge in [-0.05, 0) is 23.8 Å². The topological polar surface area (TPSA) is 60.2 Å². The quantitative estimate of drug-likeness (QED) is 0.634. The standard InChI is InChI=1S/C22H21F3N4O2/c1-28-13-16(12-26-28)21(30)29-9-10-31-20(14-29)19-8-4-6-17(27-19)11-15-5-2-3-7-18(15)22(23,24)25/h2-8,12-13,20H,9-11,14H2,1H3/t20-/m0/s1. The smallest absolute Gasteiger partial charge is 0.368 e. The van der Waals surface area contributed by atoms with E-state index in [1.165, 1.54) is 18.3 Å². The SMILES string of the molecule is Cn1cc(C(=O)N2CCO[C@H](c3cccc(Cc4ccccc4C(F)(F)F)n3)C2)cn1. The van der Waals surface area contributed by atoms with Gasteiger partial charge in [0.15, 0.2) is 0 Å². The van der Waals surface area contributed by atoms with Gasteiger partial charge in [-0.2, -0.15) is 18.3 Å². The first-order valence-corrected chi connectivity index (χ1v) is 9.82. The van der Waals surface area contributed by atoms with E-state index in [9.17, 15) is 18.0 Å². The molecule has 31 heavy (non-hydrogen) atoms. The summed E-state index contributed by atoms with van der Waals surface area (Å²) in [6, 6.07) is 10.7. The summed E-state index contributed by atoms with van der Waals surface area (Å²) < 4.78 is 47.3. The Balaban J connectivity index is 1.51. The van der Waals surface area contributed by atoms with Crippen molar-refractivity contribution in [2.45, 2.75) is 18.7 Å². The predicted octanol–water partition coefficient (Wildman–Crippen LogP) is 3.64. The lowest BCUT2D eigenvalue weighted by Gasteiger charge is -2.32. The minimum atomic E-state index is -4.42. The number of aromatic nitrogens is 3. The molecule has 0 spiro atoms. The van der Waals surface area contributed by atoms with Gasteiger partial charge in [0.25, 0.3) is 5.91 Å². The van der Waals surface area contributed by atoms with Gasteiger partial charge in [0.2, 0.25) is 0 Å². The molecule has 6 nitrogen and oxygen atoms in total. The van der Waals surface area contributed by atoms with E-state index in [4.69, 9.17) is 4.74 Å². The third kappa shape index (κ3) is 4.77. The number of ether oxygens (including phenoxy) is 1. The molecule has 1 aliphatic rings. The number of aryl methyl sites for hydroxylation is 1. The molecule has 0 bridgehead atoms. The maximum Gasteiger partial charge on any atom is 0.416 e. The molecule has 3 aromatic rings. The lowest BCUT2D eigenvalue weighted by Crippen LogP contribution is -2.42. The third-order valence-electron chi connectivity index (χ3n) is 5.16. The number of hydrogen-bond donors (Lipinski definition) is 0. The van der Waals surface area contributed by atoms with Gasteiger partial charge in [0.05, 0.1) is 36.2 Å². The maximum atomic E-state index is 13.3. The van der Waals surface area contributed by atoms with E-state index in [0.29, 0.717) is 36.6 Å². The van der Waals surface area contributed by atoms with Crippen LogP contribution in [0.5, 0.6) is 0 Å². The van der Waals surface area contributed by atoms with Crippen LogP contribution in [0, 0.1) is 0 Å². The average Bonchev–Trinajstić information content (AvgIpc) is 3.19. The molecule has 1 fully saturated rings. The Bertz CT molecular complexity index is 1080. The molecular weight excluding hydrogens is 409 g/mol. The van der Waals surface area contributed by atoms with Gasteiger partial charge in [0.1, 0.15) is 6.10 Å². The number of hydrogen-bond acceptors (Lipinski definition) is 4. The Morgan fingerprint density at radius 1 is 1.19 bits per heavy atom. The van der Waals surface area contributed by atoms with Gasteiger partial charge < -0.3 is 9.64 Å². The molecule has 1 aromatic carbocycles. The van der Waals surface area contributed by atoms with Gasteiger partial charge in [-0.3, -0.25) is 14.5 Å². The van der Waals surface area contributed by atoms with Crippen molar-refractivity contribution in [3.63, 3.8) is 0 Å². The number of alkyl halides is 3. The van der Waals surface area contributed by atoms with Gasteiger partial charge in [-0.1, -0.05) is 24.3 Å². The van der Waals surface area contributed by atoms with Crippen molar-refractivity contribution in [3.8, 4) is 0 Å². The molecule has 0 N–H and O–H groups in total. The van der Waals surface area contributed by atoms with Crippen LogP contribution in [0.3, 0.4) is 0 Å². The summed E-state index contributed by atoms with van der Waals surface area (Å²) in [5.41, 5.74) is 1.09. The second kappa shape index (κ2) is 8.50. The minimum absolute atomic E-state index is 0.0502. The minimum Gasteiger partial charge on any atom is -0.368 e. The van der Waals surface area contributed by atoms with Gasteiger partial charge >= 0.3 is 6.18 Å². The van der Waals surface area contributed by atoms with Crippen molar-refractivity contribution >= 4 is 5.91 Å². The second-order valence-electron chi connectivity index (χ2n) is 7.40. The fourth-order valence-corrected chi connectivity index (χ4v) is 3.65. The van der Waals surface area contributed by atoms with Crippen molar-refractivity contribution in [1.82, 2.24) is 19.7 Å². The Morgan fingerprint density at radius 3 is 2.74 bits per heavy atom. The fourth-order valence-electron chi connectivity index (χ4n) is 3.65. The maximum absolute atomic E-state index is 13.3. The first-order valence-electron chi connectivity index (χ1n) is 9.82. The zero-order valence-electron chi connectivity index (χ0n) is 16.8. The summed E-state index contributed by atoms with van der Waals surface area (Å²) in [6.07, 6.45) is -1.65. The Hall–Kier alpha value is -3.20. The van der Waals surface area contributed by atoms with Crippen molar-refractivity contribution < 1.29 is 22.7 Å². The van der Waals surface area contributed by atoms with Gasteiger partial charge in [0, 0.05) is 31.9 Å². The molecule has 3 heterocycles. The number of benzene rings is 1. The van der Waals surface area contributed by atoms with Crippen LogP contribution < -0.4 is 0 Å².